The van der Waals surface area contributed by atoms with E-state index in [2.05, 4.69) is 27.4 Å². The molecule has 1 aromatic heterocycles. The third kappa shape index (κ3) is 4.71. The van der Waals surface area contributed by atoms with Gasteiger partial charge in [0.05, 0.1) is 12.7 Å². The molecule has 0 aliphatic heterocycles. The van der Waals surface area contributed by atoms with Crippen molar-refractivity contribution in [3.63, 3.8) is 0 Å². The molecule has 0 saturated heterocycles. The molecule has 0 atom stereocenters. The SMILES string of the molecule is COC(=O)c1cccc(C#Cc2cccc(NC(=O)c3ccc(=O)[nH]n3)c2)c1. The Hall–Kier alpha value is -4.18. The van der Waals surface area contributed by atoms with Gasteiger partial charge in [-0.25, -0.2) is 9.89 Å². The molecule has 0 radical (unpaired) electrons. The van der Waals surface area contributed by atoms with Gasteiger partial charge in [0.1, 0.15) is 5.69 Å². The largest absolute Gasteiger partial charge is 0.465 e. The van der Waals surface area contributed by atoms with E-state index < -0.39 is 11.9 Å². The van der Waals surface area contributed by atoms with Crippen LogP contribution in [0.1, 0.15) is 32.0 Å². The summed E-state index contributed by atoms with van der Waals surface area (Å²) >= 11 is 0. The lowest BCUT2D eigenvalue weighted by Crippen LogP contribution is -2.17. The van der Waals surface area contributed by atoms with Crippen molar-refractivity contribution in [3.8, 4) is 11.8 Å². The van der Waals surface area contributed by atoms with Crippen LogP contribution >= 0.6 is 0 Å². The fourth-order valence-corrected chi connectivity index (χ4v) is 2.33. The summed E-state index contributed by atoms with van der Waals surface area (Å²) in [6.07, 6.45) is 0. The highest BCUT2D eigenvalue weighted by atomic mass is 16.5. The Morgan fingerprint density at radius 3 is 2.39 bits per heavy atom. The lowest BCUT2D eigenvalue weighted by Gasteiger charge is -2.04. The summed E-state index contributed by atoms with van der Waals surface area (Å²) in [6.45, 7) is 0. The number of H-pyrrole nitrogens is 1. The van der Waals surface area contributed by atoms with Crippen LogP contribution in [0.15, 0.2) is 65.5 Å². The quantitative estimate of drug-likeness (QED) is 0.541. The normalized spacial score (nSPS) is 9.75. The smallest absolute Gasteiger partial charge is 0.337 e. The van der Waals surface area contributed by atoms with E-state index in [1.54, 1.807) is 48.5 Å². The van der Waals surface area contributed by atoms with Crippen molar-refractivity contribution in [3.05, 3.63) is 93.4 Å². The number of ether oxygens (including phenoxy) is 1. The second-order valence-electron chi connectivity index (χ2n) is 5.66. The number of carbonyl (C=O) groups is 2. The Morgan fingerprint density at radius 1 is 1.00 bits per heavy atom. The number of hydrogen-bond acceptors (Lipinski definition) is 5. The van der Waals surface area contributed by atoms with Gasteiger partial charge in [-0.15, -0.1) is 0 Å². The van der Waals surface area contributed by atoms with Crippen LogP contribution in [-0.2, 0) is 4.74 Å². The van der Waals surface area contributed by atoms with E-state index in [0.717, 1.165) is 0 Å². The van der Waals surface area contributed by atoms with Crippen LogP contribution < -0.4 is 10.9 Å². The van der Waals surface area contributed by atoms with Crippen LogP contribution in [0.2, 0.25) is 0 Å². The van der Waals surface area contributed by atoms with Gasteiger partial charge in [-0.05, 0) is 42.5 Å². The fourth-order valence-electron chi connectivity index (χ4n) is 2.33. The van der Waals surface area contributed by atoms with Gasteiger partial charge in [0, 0.05) is 22.9 Å². The van der Waals surface area contributed by atoms with E-state index in [0.29, 0.717) is 22.4 Å². The molecule has 3 aromatic rings. The lowest BCUT2D eigenvalue weighted by molar-refractivity contribution is 0.0600. The summed E-state index contributed by atoms with van der Waals surface area (Å²) < 4.78 is 4.70. The predicted octanol–water partition coefficient (Wildman–Crippen LogP) is 2.21. The number of aromatic amines is 1. The third-order valence-electron chi connectivity index (χ3n) is 3.67. The molecule has 28 heavy (non-hydrogen) atoms. The van der Waals surface area contributed by atoms with Crippen LogP contribution in [0.25, 0.3) is 0 Å². The molecule has 7 heteroatoms. The number of nitrogens with one attached hydrogen (secondary N) is 2. The first-order valence-electron chi connectivity index (χ1n) is 8.23. The maximum absolute atomic E-state index is 12.2. The summed E-state index contributed by atoms with van der Waals surface area (Å²) in [5.41, 5.74) is 2.00. The fraction of sp³-hybridized carbons (Fsp3) is 0.0476. The highest BCUT2D eigenvalue weighted by Gasteiger charge is 2.08. The van der Waals surface area contributed by atoms with Gasteiger partial charge in [-0.1, -0.05) is 24.0 Å². The molecule has 1 heterocycles. The van der Waals surface area contributed by atoms with Gasteiger partial charge < -0.3 is 10.1 Å². The number of esters is 1. The number of benzene rings is 2. The van der Waals surface area contributed by atoms with Gasteiger partial charge >= 0.3 is 5.97 Å². The van der Waals surface area contributed by atoms with Crippen LogP contribution in [0.3, 0.4) is 0 Å². The molecule has 0 bridgehead atoms. The molecular formula is C21H15N3O4. The maximum Gasteiger partial charge on any atom is 0.337 e. The Balaban J connectivity index is 1.76. The molecule has 0 fully saturated rings. The van der Waals surface area contributed by atoms with Crippen LogP contribution in [0.4, 0.5) is 5.69 Å². The maximum atomic E-state index is 12.2. The number of amides is 1. The van der Waals surface area contributed by atoms with Crippen molar-refractivity contribution in [2.45, 2.75) is 0 Å². The number of methoxy groups -OCH3 is 1. The number of anilines is 1. The molecule has 7 nitrogen and oxygen atoms in total. The topological polar surface area (TPSA) is 101 Å². The van der Waals surface area contributed by atoms with Crippen LogP contribution in [0.5, 0.6) is 0 Å². The van der Waals surface area contributed by atoms with E-state index in [4.69, 9.17) is 4.74 Å². The summed E-state index contributed by atoms with van der Waals surface area (Å²) in [5, 5.41) is 8.59. The summed E-state index contributed by atoms with van der Waals surface area (Å²) in [4.78, 5) is 34.8. The third-order valence-corrected chi connectivity index (χ3v) is 3.67. The van der Waals surface area contributed by atoms with Gasteiger partial charge in [0.2, 0.25) is 0 Å². The van der Waals surface area contributed by atoms with Gasteiger partial charge in [-0.3, -0.25) is 9.59 Å². The highest BCUT2D eigenvalue weighted by Crippen LogP contribution is 2.12. The van der Waals surface area contributed by atoms with Gasteiger partial charge in [0.15, 0.2) is 0 Å². The zero-order chi connectivity index (χ0) is 19.9. The average Bonchev–Trinajstić information content (AvgIpc) is 2.72. The van der Waals surface area contributed by atoms with Gasteiger partial charge in [0.25, 0.3) is 11.5 Å². The average molecular weight is 373 g/mol. The number of hydrogen-bond donors (Lipinski definition) is 2. The number of aromatic nitrogens is 2. The molecule has 0 saturated carbocycles. The van der Waals surface area contributed by atoms with Crippen molar-refractivity contribution in [1.29, 1.82) is 0 Å². The van der Waals surface area contributed by atoms with E-state index in [1.807, 2.05) is 0 Å². The Bertz CT molecular complexity index is 1140. The zero-order valence-corrected chi connectivity index (χ0v) is 14.9. The summed E-state index contributed by atoms with van der Waals surface area (Å²) in [7, 11) is 1.32. The molecule has 2 aromatic carbocycles. The van der Waals surface area contributed by atoms with E-state index in [9.17, 15) is 14.4 Å². The number of rotatable bonds is 3. The second-order valence-corrected chi connectivity index (χ2v) is 5.66. The predicted molar refractivity (Wildman–Crippen MR) is 103 cm³/mol. The molecule has 1 amide bonds. The first-order chi connectivity index (χ1) is 13.5. The minimum Gasteiger partial charge on any atom is -0.465 e. The molecule has 0 aliphatic carbocycles. The first kappa shape index (κ1) is 18.6. The minimum absolute atomic E-state index is 0.0933. The van der Waals surface area contributed by atoms with Crippen molar-refractivity contribution < 1.29 is 14.3 Å². The standard InChI is InChI=1S/C21H15N3O4/c1-28-21(27)16-6-2-4-14(12-16)8-9-15-5-3-7-17(13-15)22-20(26)18-10-11-19(25)24-23-18/h2-7,10-13H,1H3,(H,22,26)(H,24,25). The van der Waals surface area contributed by atoms with E-state index in [1.165, 1.54) is 19.2 Å². The Labute approximate surface area is 160 Å². The summed E-state index contributed by atoms with van der Waals surface area (Å²) in [6, 6.07) is 16.4. The summed E-state index contributed by atoms with van der Waals surface area (Å²) in [5.74, 6) is 5.09. The highest BCUT2D eigenvalue weighted by molar-refractivity contribution is 6.02. The van der Waals surface area contributed by atoms with Gasteiger partial charge in [-0.2, -0.15) is 5.10 Å². The van der Waals surface area contributed by atoms with E-state index >= 15 is 0 Å². The van der Waals surface area contributed by atoms with Crippen molar-refractivity contribution in [2.75, 3.05) is 12.4 Å². The molecule has 0 aliphatic rings. The second kappa shape index (κ2) is 8.47. The Kier molecular flexibility index (Phi) is 5.63. The zero-order valence-electron chi connectivity index (χ0n) is 14.9. The number of nitrogens with zero attached hydrogens (tertiary/aromatic N) is 1. The number of carbonyl (C=O) groups excluding carboxylic acids is 2. The van der Waals surface area contributed by atoms with Crippen molar-refractivity contribution in [2.24, 2.45) is 0 Å². The molecule has 0 spiro atoms. The molecule has 2 N–H and O–H groups in total. The van der Waals surface area contributed by atoms with Crippen LogP contribution in [-0.4, -0.2) is 29.2 Å². The monoisotopic (exact) mass is 373 g/mol. The minimum atomic E-state index is -0.452. The van der Waals surface area contributed by atoms with Crippen LogP contribution in [0, 0.1) is 11.8 Å². The first-order valence-corrected chi connectivity index (χ1v) is 8.23. The van der Waals surface area contributed by atoms with Crippen molar-refractivity contribution >= 4 is 17.6 Å². The van der Waals surface area contributed by atoms with E-state index in [-0.39, 0.29) is 11.3 Å². The molecule has 138 valence electrons. The molecule has 3 rings (SSSR count). The lowest BCUT2D eigenvalue weighted by atomic mass is 10.1. The molecular weight excluding hydrogens is 358 g/mol. The molecule has 0 unspecified atom stereocenters. The van der Waals surface area contributed by atoms with Crippen molar-refractivity contribution in [1.82, 2.24) is 10.2 Å². The Morgan fingerprint density at radius 2 is 1.71 bits per heavy atom.